The number of ether oxygens (including phenoxy) is 1. The van der Waals surface area contributed by atoms with Gasteiger partial charge in [0.25, 0.3) is 0 Å². The van der Waals surface area contributed by atoms with Crippen molar-refractivity contribution in [2.75, 3.05) is 6.61 Å². The summed E-state index contributed by atoms with van der Waals surface area (Å²) in [6.45, 7) is -1.30. The number of phenols is 2. The number of aliphatic hydroxyl groups excluding tert-OH is 5. The van der Waals surface area contributed by atoms with Crippen molar-refractivity contribution >= 4 is 5.78 Å². The van der Waals surface area contributed by atoms with Gasteiger partial charge in [0.15, 0.2) is 0 Å². The number of hydrogen-bond acceptors (Lipinski definition) is 10. The molecule has 1 aliphatic heterocycles. The smallest absolute Gasteiger partial charge is 0.201 e. The maximum absolute atomic E-state index is 13.1. The Kier molecular flexibility index (Phi) is 5.26. The van der Waals surface area contributed by atoms with Gasteiger partial charge < -0.3 is 45.6 Å². The van der Waals surface area contributed by atoms with E-state index in [-0.39, 0.29) is 27.8 Å². The molecule has 10 nitrogen and oxygen atoms in total. The van der Waals surface area contributed by atoms with Gasteiger partial charge in [-0.15, -0.1) is 0 Å². The van der Waals surface area contributed by atoms with Gasteiger partial charge in [0.2, 0.25) is 5.78 Å². The fourth-order valence-electron chi connectivity index (χ4n) is 4.44. The van der Waals surface area contributed by atoms with Crippen LogP contribution in [0.3, 0.4) is 0 Å². The van der Waals surface area contributed by atoms with Crippen molar-refractivity contribution in [3.8, 4) is 11.5 Å². The number of phenolic OH excluding ortho intramolecular Hbond substituents is 2. The van der Waals surface area contributed by atoms with Gasteiger partial charge >= 0.3 is 0 Å². The molecule has 0 unspecified atom stereocenters. The van der Waals surface area contributed by atoms with Crippen molar-refractivity contribution < 1.29 is 50.4 Å². The van der Waals surface area contributed by atoms with Crippen LogP contribution in [0.15, 0.2) is 30.3 Å². The first-order valence-corrected chi connectivity index (χ1v) is 9.54. The summed E-state index contributed by atoms with van der Waals surface area (Å²) in [7, 11) is 0. The molecule has 0 amide bonds. The average molecular weight is 434 g/mol. The number of rotatable bonds is 3. The highest BCUT2D eigenvalue weighted by atomic mass is 16.6. The number of carbonyl (C=O) groups excluding carboxylic acids is 1. The molecular weight excluding hydrogens is 412 g/mol. The highest BCUT2D eigenvalue weighted by Crippen LogP contribution is 2.50. The zero-order valence-electron chi connectivity index (χ0n) is 16.1. The third-order valence-electron chi connectivity index (χ3n) is 5.98. The molecule has 6 atom stereocenters. The molecule has 10 heteroatoms. The maximum Gasteiger partial charge on any atom is 0.201 e. The summed E-state index contributed by atoms with van der Waals surface area (Å²) in [5.41, 5.74) is -3.43. The molecule has 4 rings (SSSR count). The Morgan fingerprint density at radius 2 is 1.58 bits per heavy atom. The van der Waals surface area contributed by atoms with Gasteiger partial charge in [-0.25, -0.2) is 0 Å². The van der Waals surface area contributed by atoms with E-state index in [0.717, 1.165) is 6.07 Å². The summed E-state index contributed by atoms with van der Waals surface area (Å²) < 4.78 is 5.58. The lowest BCUT2D eigenvalue weighted by atomic mass is 9.68. The minimum atomic E-state index is -2.42. The SMILES string of the molecule is O=C1c2c(O)cccc2[C@](O)([C@@H]2O[C@H](CO)[C@@H](O)[C@H](O)[C@@H]2O)c2cc(CO)cc(O)c21. The Labute approximate surface area is 175 Å². The van der Waals surface area contributed by atoms with Gasteiger partial charge in [0, 0.05) is 11.1 Å². The van der Waals surface area contributed by atoms with Crippen LogP contribution in [0.2, 0.25) is 0 Å². The van der Waals surface area contributed by atoms with Crippen LogP contribution in [0.25, 0.3) is 0 Å². The number of aromatic hydroxyl groups is 2. The van der Waals surface area contributed by atoms with E-state index in [1.807, 2.05) is 0 Å². The number of carbonyl (C=O) groups is 1. The molecule has 31 heavy (non-hydrogen) atoms. The molecule has 2 aliphatic rings. The van der Waals surface area contributed by atoms with Gasteiger partial charge in [0.1, 0.15) is 47.6 Å². The van der Waals surface area contributed by atoms with Gasteiger partial charge in [-0.2, -0.15) is 0 Å². The number of hydrogen-bond donors (Lipinski definition) is 8. The monoisotopic (exact) mass is 434 g/mol. The van der Waals surface area contributed by atoms with Crippen LogP contribution in [-0.4, -0.2) is 83.8 Å². The van der Waals surface area contributed by atoms with Crippen LogP contribution in [0, 0.1) is 0 Å². The molecule has 0 aromatic heterocycles. The molecule has 2 aromatic carbocycles. The first-order chi connectivity index (χ1) is 14.7. The van der Waals surface area contributed by atoms with Crippen LogP contribution in [0.4, 0.5) is 0 Å². The molecule has 1 heterocycles. The lowest BCUT2D eigenvalue weighted by molar-refractivity contribution is -0.265. The van der Waals surface area contributed by atoms with E-state index in [2.05, 4.69) is 0 Å². The van der Waals surface area contributed by atoms with Crippen LogP contribution >= 0.6 is 0 Å². The first kappa shape index (κ1) is 21.7. The summed E-state index contributed by atoms with van der Waals surface area (Å²) in [5, 5.41) is 83.0. The maximum atomic E-state index is 13.1. The van der Waals surface area contributed by atoms with E-state index >= 15 is 0 Å². The van der Waals surface area contributed by atoms with Crippen molar-refractivity contribution in [2.24, 2.45) is 0 Å². The Morgan fingerprint density at radius 3 is 2.23 bits per heavy atom. The molecular formula is C21H22O10. The van der Waals surface area contributed by atoms with E-state index in [4.69, 9.17) is 4.74 Å². The molecule has 1 fully saturated rings. The highest BCUT2D eigenvalue weighted by Gasteiger charge is 2.57. The number of ketones is 1. The van der Waals surface area contributed by atoms with E-state index in [1.165, 1.54) is 24.3 Å². The van der Waals surface area contributed by atoms with Gasteiger partial charge in [-0.3, -0.25) is 4.79 Å². The van der Waals surface area contributed by atoms with Crippen molar-refractivity contribution in [3.05, 3.63) is 58.1 Å². The fraction of sp³-hybridized carbons (Fsp3) is 0.381. The Balaban J connectivity index is 2.04. The second-order valence-electron chi connectivity index (χ2n) is 7.74. The highest BCUT2D eigenvalue weighted by molar-refractivity contribution is 6.16. The topological polar surface area (TPSA) is 188 Å². The van der Waals surface area contributed by atoms with Crippen LogP contribution in [-0.2, 0) is 16.9 Å². The summed E-state index contributed by atoms with van der Waals surface area (Å²) in [4.78, 5) is 13.1. The molecule has 1 aliphatic carbocycles. The van der Waals surface area contributed by atoms with E-state index in [0.29, 0.717) is 0 Å². The first-order valence-electron chi connectivity index (χ1n) is 9.54. The van der Waals surface area contributed by atoms with Crippen LogP contribution in [0.1, 0.15) is 32.6 Å². The predicted octanol–water partition coefficient (Wildman–Crippen LogP) is -1.79. The third-order valence-corrected chi connectivity index (χ3v) is 5.98. The fourth-order valence-corrected chi connectivity index (χ4v) is 4.44. The lowest BCUT2D eigenvalue weighted by Gasteiger charge is -2.49. The Bertz CT molecular complexity index is 1040. The summed E-state index contributed by atoms with van der Waals surface area (Å²) in [6, 6.07) is 6.21. The van der Waals surface area contributed by atoms with Crippen LogP contribution in [0.5, 0.6) is 11.5 Å². The molecule has 2 aromatic rings. The zero-order chi connectivity index (χ0) is 22.7. The summed E-state index contributed by atoms with van der Waals surface area (Å²) >= 11 is 0. The Hall–Kier alpha value is -2.57. The van der Waals surface area contributed by atoms with Crippen molar-refractivity contribution in [1.82, 2.24) is 0 Å². The molecule has 0 bridgehead atoms. The third kappa shape index (κ3) is 2.96. The minimum absolute atomic E-state index is 0.135. The van der Waals surface area contributed by atoms with Crippen molar-refractivity contribution in [3.63, 3.8) is 0 Å². The lowest BCUT2D eigenvalue weighted by Crippen LogP contribution is -2.65. The van der Waals surface area contributed by atoms with Gasteiger partial charge in [0.05, 0.1) is 24.3 Å². The minimum Gasteiger partial charge on any atom is -0.507 e. The zero-order valence-corrected chi connectivity index (χ0v) is 16.1. The average Bonchev–Trinajstić information content (AvgIpc) is 2.75. The number of fused-ring (bicyclic) bond motifs is 2. The Morgan fingerprint density at radius 1 is 0.903 bits per heavy atom. The molecule has 0 spiro atoms. The normalized spacial score (nSPS) is 32.5. The van der Waals surface area contributed by atoms with Gasteiger partial charge in [-0.1, -0.05) is 12.1 Å². The molecule has 8 N–H and O–H groups in total. The summed E-state index contributed by atoms with van der Waals surface area (Å²) in [5.74, 6) is -1.88. The van der Waals surface area contributed by atoms with E-state index < -0.39 is 66.6 Å². The second-order valence-corrected chi connectivity index (χ2v) is 7.74. The standard InChI is InChI=1S/C21H22O10/c22-6-8-4-10-15(12(25)5-8)17(27)14-9(2-1-3-11(14)24)21(10,30)20-19(29)18(28)16(26)13(7-23)31-20/h1-5,13,16,18-20,22-26,28-30H,6-7H2/t13-,16-,18+,19+,20-,21-/m1/s1. The molecule has 0 radical (unpaired) electrons. The number of aliphatic hydroxyl groups is 6. The quantitative estimate of drug-likeness (QED) is 0.274. The molecule has 0 saturated carbocycles. The number of benzene rings is 2. The largest absolute Gasteiger partial charge is 0.507 e. The van der Waals surface area contributed by atoms with Crippen LogP contribution < -0.4 is 0 Å². The van der Waals surface area contributed by atoms with E-state index in [1.54, 1.807) is 0 Å². The van der Waals surface area contributed by atoms with Crippen molar-refractivity contribution in [2.45, 2.75) is 42.7 Å². The summed E-state index contributed by atoms with van der Waals surface area (Å²) in [6.07, 6.45) is -8.49. The predicted molar refractivity (Wildman–Crippen MR) is 102 cm³/mol. The molecule has 166 valence electrons. The van der Waals surface area contributed by atoms with Crippen molar-refractivity contribution in [1.29, 1.82) is 0 Å². The van der Waals surface area contributed by atoms with E-state index in [9.17, 15) is 45.6 Å². The van der Waals surface area contributed by atoms with Gasteiger partial charge in [-0.05, 0) is 23.8 Å². The molecule has 1 saturated heterocycles. The second kappa shape index (κ2) is 7.53.